The Morgan fingerprint density at radius 3 is 2.60 bits per heavy atom. The highest BCUT2D eigenvalue weighted by Gasteiger charge is 2.21. The predicted octanol–water partition coefficient (Wildman–Crippen LogP) is 2.06. The third-order valence-corrected chi connectivity index (χ3v) is 4.56. The van der Waals surface area contributed by atoms with Crippen molar-refractivity contribution in [2.75, 3.05) is 43.1 Å². The van der Waals surface area contributed by atoms with Gasteiger partial charge in [0.1, 0.15) is 12.1 Å². The van der Waals surface area contributed by atoms with Gasteiger partial charge in [-0.2, -0.15) is 4.98 Å². The summed E-state index contributed by atoms with van der Waals surface area (Å²) in [4.78, 5) is 22.2. The monoisotopic (exact) mass is 336 g/mol. The number of anilines is 2. The molecule has 0 radical (unpaired) electrons. The molecular weight excluding hydrogens is 316 g/mol. The highest BCUT2D eigenvalue weighted by molar-refractivity contribution is 5.91. The summed E-state index contributed by atoms with van der Waals surface area (Å²) in [5, 5.41) is 1.11. The van der Waals surface area contributed by atoms with Gasteiger partial charge < -0.3 is 14.5 Å². The van der Waals surface area contributed by atoms with Gasteiger partial charge in [0, 0.05) is 31.6 Å². The second-order valence-electron chi connectivity index (χ2n) is 6.06. The molecule has 0 N–H and O–H groups in total. The lowest BCUT2D eigenvalue weighted by Crippen LogP contribution is -2.47. The topological polar surface area (TPSA) is 67.3 Å². The van der Waals surface area contributed by atoms with Gasteiger partial charge in [-0.3, -0.25) is 4.98 Å². The molecule has 0 aliphatic carbocycles. The van der Waals surface area contributed by atoms with Crippen molar-refractivity contribution >= 4 is 22.5 Å². The molecule has 7 nitrogen and oxygen atoms in total. The Hall–Kier alpha value is -2.96. The molecule has 128 valence electrons. The van der Waals surface area contributed by atoms with E-state index in [1.807, 2.05) is 0 Å². The van der Waals surface area contributed by atoms with Gasteiger partial charge in [-0.15, -0.1) is 0 Å². The number of benzene rings is 1. The Bertz CT molecular complexity index is 892. The van der Waals surface area contributed by atoms with E-state index in [9.17, 15) is 0 Å². The van der Waals surface area contributed by atoms with E-state index in [-0.39, 0.29) is 0 Å². The maximum absolute atomic E-state index is 5.17. The van der Waals surface area contributed by atoms with Crippen molar-refractivity contribution in [1.82, 2.24) is 19.9 Å². The lowest BCUT2D eigenvalue weighted by Gasteiger charge is -2.36. The minimum Gasteiger partial charge on any atom is -0.480 e. The van der Waals surface area contributed by atoms with Gasteiger partial charge in [0.15, 0.2) is 5.82 Å². The zero-order chi connectivity index (χ0) is 17.2. The lowest BCUT2D eigenvalue weighted by molar-refractivity contribution is 0.395. The van der Waals surface area contributed by atoms with Crippen molar-refractivity contribution in [1.29, 1.82) is 0 Å². The van der Waals surface area contributed by atoms with Gasteiger partial charge in [-0.25, -0.2) is 9.97 Å². The molecule has 0 bridgehead atoms. The van der Waals surface area contributed by atoms with Gasteiger partial charge in [-0.05, 0) is 18.6 Å². The minimum absolute atomic E-state index is 0.539. The lowest BCUT2D eigenvalue weighted by atomic mass is 10.1. The van der Waals surface area contributed by atoms with E-state index in [2.05, 4.69) is 54.9 Å². The van der Waals surface area contributed by atoms with E-state index in [1.54, 1.807) is 25.8 Å². The molecule has 1 saturated heterocycles. The van der Waals surface area contributed by atoms with E-state index in [1.165, 1.54) is 5.56 Å². The van der Waals surface area contributed by atoms with Crippen molar-refractivity contribution in [3.63, 3.8) is 0 Å². The highest BCUT2D eigenvalue weighted by atomic mass is 16.5. The van der Waals surface area contributed by atoms with Crippen LogP contribution in [0.15, 0.2) is 36.9 Å². The second-order valence-corrected chi connectivity index (χ2v) is 6.06. The van der Waals surface area contributed by atoms with E-state index in [4.69, 9.17) is 4.74 Å². The fraction of sp³-hybridized carbons (Fsp3) is 0.333. The SMILES string of the molecule is COc1cncc(N2CCN(c3ncnc4c(C)cccc34)CC2)n1. The molecule has 2 aromatic heterocycles. The van der Waals surface area contributed by atoms with Gasteiger partial charge in [0.25, 0.3) is 0 Å². The van der Waals surface area contributed by atoms with Crippen molar-refractivity contribution in [2.45, 2.75) is 6.92 Å². The van der Waals surface area contributed by atoms with Crippen molar-refractivity contribution < 1.29 is 4.74 Å². The molecule has 25 heavy (non-hydrogen) atoms. The van der Waals surface area contributed by atoms with E-state index >= 15 is 0 Å². The average Bonchev–Trinajstić information content (AvgIpc) is 2.68. The number of hydrogen-bond acceptors (Lipinski definition) is 7. The summed E-state index contributed by atoms with van der Waals surface area (Å²) in [5.41, 5.74) is 2.19. The first-order valence-corrected chi connectivity index (χ1v) is 8.32. The van der Waals surface area contributed by atoms with Crippen LogP contribution in [-0.2, 0) is 0 Å². The number of para-hydroxylation sites is 1. The molecule has 3 heterocycles. The summed E-state index contributed by atoms with van der Waals surface area (Å²) < 4.78 is 5.17. The van der Waals surface area contributed by atoms with E-state index in [0.29, 0.717) is 5.88 Å². The number of aryl methyl sites for hydroxylation is 1. The smallest absolute Gasteiger partial charge is 0.233 e. The molecule has 3 aromatic rings. The Morgan fingerprint density at radius 1 is 1.00 bits per heavy atom. The van der Waals surface area contributed by atoms with Gasteiger partial charge in [-0.1, -0.05) is 12.1 Å². The quantitative estimate of drug-likeness (QED) is 0.725. The summed E-state index contributed by atoms with van der Waals surface area (Å²) in [7, 11) is 1.61. The summed E-state index contributed by atoms with van der Waals surface area (Å²) >= 11 is 0. The largest absolute Gasteiger partial charge is 0.480 e. The first-order valence-electron chi connectivity index (χ1n) is 8.32. The van der Waals surface area contributed by atoms with Gasteiger partial charge in [0.2, 0.25) is 5.88 Å². The van der Waals surface area contributed by atoms with Crippen LogP contribution in [0.4, 0.5) is 11.6 Å². The molecule has 0 saturated carbocycles. The third kappa shape index (κ3) is 2.93. The zero-order valence-electron chi connectivity index (χ0n) is 14.4. The van der Waals surface area contributed by atoms with Gasteiger partial charge >= 0.3 is 0 Å². The predicted molar refractivity (Wildman–Crippen MR) is 97.3 cm³/mol. The standard InChI is InChI=1S/C18H20N6O/c1-13-4-3-5-14-17(13)20-12-21-18(14)24-8-6-23(7-9-24)15-10-19-11-16(22-15)25-2/h3-5,10-12H,6-9H2,1-2H3. The summed E-state index contributed by atoms with van der Waals surface area (Å²) in [6, 6.07) is 6.24. The van der Waals surface area contributed by atoms with Crippen molar-refractivity contribution in [3.8, 4) is 5.88 Å². The highest BCUT2D eigenvalue weighted by Crippen LogP contribution is 2.26. The number of hydrogen-bond donors (Lipinski definition) is 0. The van der Waals surface area contributed by atoms with Crippen LogP contribution < -0.4 is 14.5 Å². The van der Waals surface area contributed by atoms with Crippen LogP contribution >= 0.6 is 0 Å². The molecule has 0 spiro atoms. The number of piperazine rings is 1. The number of rotatable bonds is 3. The maximum Gasteiger partial charge on any atom is 0.233 e. The third-order valence-electron chi connectivity index (χ3n) is 4.56. The first kappa shape index (κ1) is 15.6. The van der Waals surface area contributed by atoms with Crippen LogP contribution in [0.1, 0.15) is 5.56 Å². The number of nitrogens with zero attached hydrogens (tertiary/aromatic N) is 6. The van der Waals surface area contributed by atoms with Crippen LogP contribution in [0.5, 0.6) is 5.88 Å². The number of aromatic nitrogens is 4. The van der Waals surface area contributed by atoms with E-state index < -0.39 is 0 Å². The molecule has 1 aliphatic rings. The first-order chi connectivity index (χ1) is 12.3. The van der Waals surface area contributed by atoms with Crippen LogP contribution in [-0.4, -0.2) is 53.2 Å². The number of methoxy groups -OCH3 is 1. The molecule has 1 aliphatic heterocycles. The fourth-order valence-corrected chi connectivity index (χ4v) is 3.21. The molecule has 1 aromatic carbocycles. The van der Waals surface area contributed by atoms with Crippen molar-refractivity contribution in [2.24, 2.45) is 0 Å². The van der Waals surface area contributed by atoms with Gasteiger partial charge in [0.05, 0.1) is 25.0 Å². The molecule has 1 fully saturated rings. The molecule has 7 heteroatoms. The summed E-state index contributed by atoms with van der Waals surface area (Å²) in [6.07, 6.45) is 5.06. The minimum atomic E-state index is 0.539. The van der Waals surface area contributed by atoms with Crippen molar-refractivity contribution in [3.05, 3.63) is 42.5 Å². The Labute approximate surface area is 146 Å². The van der Waals surface area contributed by atoms with Crippen LogP contribution in [0.3, 0.4) is 0 Å². The molecule has 4 rings (SSSR count). The average molecular weight is 336 g/mol. The van der Waals surface area contributed by atoms with Crippen LogP contribution in [0.2, 0.25) is 0 Å². The normalized spacial score (nSPS) is 14.8. The molecule has 0 amide bonds. The molecule has 0 atom stereocenters. The fourth-order valence-electron chi connectivity index (χ4n) is 3.21. The summed E-state index contributed by atoms with van der Waals surface area (Å²) in [5.74, 6) is 2.39. The van der Waals surface area contributed by atoms with E-state index in [0.717, 1.165) is 48.7 Å². The molecular formula is C18H20N6O. The Kier molecular flexibility index (Phi) is 4.05. The van der Waals surface area contributed by atoms with Crippen LogP contribution in [0.25, 0.3) is 10.9 Å². The summed E-state index contributed by atoms with van der Waals surface area (Å²) in [6.45, 7) is 5.55. The second kappa shape index (κ2) is 6.51. The van der Waals surface area contributed by atoms with Crippen LogP contribution in [0, 0.1) is 6.92 Å². The Morgan fingerprint density at radius 2 is 1.80 bits per heavy atom. The zero-order valence-corrected chi connectivity index (χ0v) is 14.4. The molecule has 0 unspecified atom stereocenters. The number of ether oxygens (including phenoxy) is 1. The maximum atomic E-state index is 5.17. The number of fused-ring (bicyclic) bond motifs is 1. The Balaban J connectivity index is 1.55.